The van der Waals surface area contributed by atoms with Crippen molar-refractivity contribution >= 4 is 64.1 Å². The van der Waals surface area contributed by atoms with E-state index in [1.165, 1.54) is 12.0 Å². The number of amides is 1. The summed E-state index contributed by atoms with van der Waals surface area (Å²) < 4.78 is 4.82. The Kier molecular flexibility index (Phi) is 6.38. The van der Waals surface area contributed by atoms with Crippen LogP contribution in [0.5, 0.6) is 0 Å². The zero-order valence-corrected chi connectivity index (χ0v) is 19.1. The van der Waals surface area contributed by atoms with Crippen molar-refractivity contribution in [2.75, 3.05) is 12.0 Å². The molecule has 4 rings (SSSR count). The molecule has 0 N–H and O–H groups in total. The number of methoxy groups -OCH3 is 1. The van der Waals surface area contributed by atoms with Crippen molar-refractivity contribution in [3.05, 3.63) is 110 Å². The summed E-state index contributed by atoms with van der Waals surface area (Å²) in [4.78, 5) is 27.1. The molecule has 32 heavy (non-hydrogen) atoms. The minimum Gasteiger partial charge on any atom is -0.465 e. The first kappa shape index (κ1) is 22.2. The molecule has 0 saturated carbocycles. The Bertz CT molecular complexity index is 1280. The van der Waals surface area contributed by atoms with E-state index in [-0.39, 0.29) is 11.5 Å². The van der Waals surface area contributed by atoms with Crippen molar-refractivity contribution in [1.29, 1.82) is 0 Å². The van der Waals surface area contributed by atoms with Gasteiger partial charge in [-0.1, -0.05) is 71.2 Å². The van der Waals surface area contributed by atoms with Gasteiger partial charge in [0, 0.05) is 15.6 Å². The molecule has 3 aromatic rings. The van der Waals surface area contributed by atoms with Crippen molar-refractivity contribution in [3.8, 4) is 0 Å². The van der Waals surface area contributed by atoms with Crippen molar-refractivity contribution in [2.45, 2.75) is 0 Å². The maximum absolute atomic E-state index is 13.5. The summed E-state index contributed by atoms with van der Waals surface area (Å²) in [5.41, 5.74) is 3.15. The fourth-order valence-corrected chi connectivity index (χ4v) is 4.06. The van der Waals surface area contributed by atoms with E-state index in [1.807, 2.05) is 30.3 Å². The largest absolute Gasteiger partial charge is 0.465 e. The van der Waals surface area contributed by atoms with Crippen LogP contribution in [0.3, 0.4) is 0 Å². The highest BCUT2D eigenvalue weighted by Gasteiger charge is 2.32. The third-order valence-corrected chi connectivity index (χ3v) is 5.82. The highest BCUT2D eigenvalue weighted by atomic mass is 35.5. The van der Waals surface area contributed by atoms with E-state index >= 15 is 0 Å². The summed E-state index contributed by atoms with van der Waals surface area (Å²) in [7, 11) is 1.30. The van der Waals surface area contributed by atoms with E-state index in [2.05, 4.69) is 0 Å². The molecule has 0 unspecified atom stereocenters. The molecule has 1 aliphatic heterocycles. The van der Waals surface area contributed by atoms with Crippen LogP contribution in [0, 0.1) is 0 Å². The quantitative estimate of drug-likeness (QED) is 0.299. The number of ether oxygens (including phenoxy) is 1. The highest BCUT2D eigenvalue weighted by Crippen LogP contribution is 2.39. The first-order chi connectivity index (χ1) is 15.4. The Labute approximate surface area is 200 Å². The van der Waals surface area contributed by atoms with Crippen LogP contribution in [-0.4, -0.2) is 19.0 Å². The molecule has 1 amide bonds. The normalized spacial score (nSPS) is 14.6. The highest BCUT2D eigenvalue weighted by molar-refractivity contribution is 6.37. The first-order valence-electron chi connectivity index (χ1n) is 9.55. The predicted octanol–water partition coefficient (Wildman–Crippen LogP) is 6.90. The molecule has 7 heteroatoms. The molecule has 0 fully saturated rings. The molecule has 0 saturated heterocycles. The average Bonchev–Trinajstić information content (AvgIpc) is 3.12. The summed E-state index contributed by atoms with van der Waals surface area (Å²) in [6.45, 7) is 0. The Morgan fingerprint density at radius 1 is 0.938 bits per heavy atom. The predicted molar refractivity (Wildman–Crippen MR) is 129 cm³/mol. The number of anilines is 1. The van der Waals surface area contributed by atoms with Crippen LogP contribution in [0.15, 0.2) is 78.4 Å². The number of halogens is 3. The molecule has 0 aliphatic carbocycles. The zero-order chi connectivity index (χ0) is 22.8. The Morgan fingerprint density at radius 3 is 2.38 bits per heavy atom. The van der Waals surface area contributed by atoms with E-state index in [9.17, 15) is 9.59 Å². The van der Waals surface area contributed by atoms with Gasteiger partial charge in [0.25, 0.3) is 5.91 Å². The van der Waals surface area contributed by atoms with E-state index in [4.69, 9.17) is 39.5 Å². The van der Waals surface area contributed by atoms with Gasteiger partial charge in [0.1, 0.15) is 0 Å². The van der Waals surface area contributed by atoms with E-state index in [0.717, 1.165) is 5.56 Å². The number of hydrogen-bond acceptors (Lipinski definition) is 3. The van der Waals surface area contributed by atoms with Gasteiger partial charge in [-0.2, -0.15) is 0 Å². The lowest BCUT2D eigenvalue weighted by atomic mass is 10.1. The number of benzene rings is 3. The van der Waals surface area contributed by atoms with Gasteiger partial charge in [-0.05, 0) is 53.6 Å². The molecular weight excluding hydrogens is 469 g/mol. The van der Waals surface area contributed by atoms with E-state index in [0.29, 0.717) is 37.6 Å². The molecule has 0 atom stereocenters. The number of carbonyl (C=O) groups is 2. The average molecular weight is 485 g/mol. The fraction of sp³-hybridized carbons (Fsp3) is 0.0400. The Morgan fingerprint density at radius 2 is 1.69 bits per heavy atom. The molecular formula is C25H16Cl3NO3. The van der Waals surface area contributed by atoms with Crippen molar-refractivity contribution < 1.29 is 14.3 Å². The third kappa shape index (κ3) is 4.30. The SMILES string of the molecule is COC(=O)c1ccc(Cl)c(N2C(=O)/C(=C/c3ccc(Cl)cc3Cl)C=C2c2ccccc2)c1. The van der Waals surface area contributed by atoms with Crippen LogP contribution in [0.25, 0.3) is 11.8 Å². The molecule has 0 spiro atoms. The zero-order valence-electron chi connectivity index (χ0n) is 16.8. The molecule has 1 aliphatic rings. The minimum atomic E-state index is -0.525. The van der Waals surface area contributed by atoms with Gasteiger partial charge < -0.3 is 4.74 Å². The summed E-state index contributed by atoms with van der Waals surface area (Å²) >= 11 is 18.8. The Balaban J connectivity index is 1.87. The maximum Gasteiger partial charge on any atom is 0.337 e. The number of nitrogens with zero attached hydrogens (tertiary/aromatic N) is 1. The summed E-state index contributed by atoms with van der Waals surface area (Å²) in [6.07, 6.45) is 3.46. The summed E-state index contributed by atoms with van der Waals surface area (Å²) in [5, 5.41) is 1.25. The topological polar surface area (TPSA) is 46.6 Å². The number of esters is 1. The van der Waals surface area contributed by atoms with Crippen LogP contribution in [-0.2, 0) is 9.53 Å². The van der Waals surface area contributed by atoms with Gasteiger partial charge in [0.05, 0.1) is 29.1 Å². The first-order valence-corrected chi connectivity index (χ1v) is 10.7. The smallest absolute Gasteiger partial charge is 0.337 e. The lowest BCUT2D eigenvalue weighted by Gasteiger charge is -2.22. The van der Waals surface area contributed by atoms with Crippen LogP contribution < -0.4 is 4.90 Å². The number of hydrogen-bond donors (Lipinski definition) is 0. The second-order valence-corrected chi connectivity index (χ2v) is 8.21. The van der Waals surface area contributed by atoms with Gasteiger partial charge >= 0.3 is 5.97 Å². The van der Waals surface area contributed by atoms with Gasteiger partial charge in [-0.3, -0.25) is 9.69 Å². The molecule has 4 nitrogen and oxygen atoms in total. The van der Waals surface area contributed by atoms with Gasteiger partial charge in [0.15, 0.2) is 0 Å². The molecule has 0 radical (unpaired) electrons. The van der Waals surface area contributed by atoms with Gasteiger partial charge in [-0.15, -0.1) is 0 Å². The lowest BCUT2D eigenvalue weighted by molar-refractivity contribution is -0.113. The van der Waals surface area contributed by atoms with Crippen molar-refractivity contribution in [2.24, 2.45) is 0 Å². The molecule has 0 bridgehead atoms. The minimum absolute atomic E-state index is 0.283. The maximum atomic E-state index is 13.5. The monoisotopic (exact) mass is 483 g/mol. The van der Waals surface area contributed by atoms with Crippen LogP contribution in [0.2, 0.25) is 15.1 Å². The van der Waals surface area contributed by atoms with Crippen molar-refractivity contribution in [3.63, 3.8) is 0 Å². The van der Waals surface area contributed by atoms with Gasteiger partial charge in [0.2, 0.25) is 0 Å². The fourth-order valence-electron chi connectivity index (χ4n) is 3.39. The summed E-state index contributed by atoms with van der Waals surface area (Å²) in [5.74, 6) is -0.831. The van der Waals surface area contributed by atoms with Crippen molar-refractivity contribution in [1.82, 2.24) is 0 Å². The molecule has 3 aromatic carbocycles. The number of rotatable bonds is 4. The van der Waals surface area contributed by atoms with E-state index in [1.54, 1.807) is 48.6 Å². The number of carbonyl (C=O) groups excluding carboxylic acids is 2. The second kappa shape index (κ2) is 9.21. The van der Waals surface area contributed by atoms with Crippen LogP contribution >= 0.6 is 34.8 Å². The summed E-state index contributed by atoms with van der Waals surface area (Å²) in [6, 6.07) is 19.2. The molecule has 1 heterocycles. The van der Waals surface area contributed by atoms with E-state index < -0.39 is 5.97 Å². The molecule has 0 aromatic heterocycles. The van der Waals surface area contributed by atoms with Crippen LogP contribution in [0.4, 0.5) is 5.69 Å². The molecule has 160 valence electrons. The Hall–Kier alpha value is -3.05. The van der Waals surface area contributed by atoms with Crippen LogP contribution in [0.1, 0.15) is 21.5 Å². The van der Waals surface area contributed by atoms with Gasteiger partial charge in [-0.25, -0.2) is 4.79 Å². The third-order valence-electron chi connectivity index (χ3n) is 4.93. The lowest BCUT2D eigenvalue weighted by Crippen LogP contribution is -2.25. The second-order valence-electron chi connectivity index (χ2n) is 6.96. The standard InChI is InChI=1S/C25H16Cl3NO3/c1-32-25(31)17-8-10-20(27)23(12-17)29-22(15-5-3-2-4-6-15)13-18(24(29)30)11-16-7-9-19(26)14-21(16)28/h2-14H,1H3/b18-11+.